The van der Waals surface area contributed by atoms with Crippen LogP contribution in [0, 0.1) is 13.8 Å². The molecule has 0 atom stereocenters. The van der Waals surface area contributed by atoms with Crippen LogP contribution in [0.5, 0.6) is 0 Å². The monoisotopic (exact) mass is 296 g/mol. The van der Waals surface area contributed by atoms with Crippen molar-refractivity contribution < 1.29 is 4.79 Å². The number of fused-ring (bicyclic) bond motifs is 1. The Balaban J connectivity index is 1.79. The van der Waals surface area contributed by atoms with Gasteiger partial charge in [0.1, 0.15) is 0 Å². The maximum absolute atomic E-state index is 12.3. The minimum atomic E-state index is -0.0263. The molecule has 2 aromatic heterocycles. The normalized spacial score (nSPS) is 11.0. The number of benzene rings is 1. The van der Waals surface area contributed by atoms with Gasteiger partial charge in [-0.1, -0.05) is 6.07 Å². The molecule has 5 heteroatoms. The molecule has 0 saturated carbocycles. The number of hydrogen-bond acceptors (Lipinski definition) is 2. The third-order valence-corrected chi connectivity index (χ3v) is 4.02. The van der Waals surface area contributed by atoms with Gasteiger partial charge in [-0.05, 0) is 44.4 Å². The Morgan fingerprint density at radius 3 is 2.82 bits per heavy atom. The molecule has 0 radical (unpaired) electrons. The summed E-state index contributed by atoms with van der Waals surface area (Å²) in [5.41, 5.74) is 4.75. The minimum Gasteiger partial charge on any atom is -0.348 e. The zero-order valence-corrected chi connectivity index (χ0v) is 13.1. The fourth-order valence-corrected chi connectivity index (χ4v) is 2.74. The number of aryl methyl sites for hydroxylation is 3. The molecule has 0 aliphatic carbocycles. The molecule has 2 N–H and O–H groups in total. The van der Waals surface area contributed by atoms with Crippen LogP contribution in [0.25, 0.3) is 10.9 Å². The van der Waals surface area contributed by atoms with E-state index in [1.54, 1.807) is 0 Å². The number of aromatic nitrogens is 3. The van der Waals surface area contributed by atoms with E-state index < -0.39 is 0 Å². The molecule has 0 fully saturated rings. The highest BCUT2D eigenvalue weighted by Crippen LogP contribution is 2.21. The van der Waals surface area contributed by atoms with Crippen LogP contribution in [0.2, 0.25) is 0 Å². The Bertz CT molecular complexity index is 809. The van der Waals surface area contributed by atoms with Crippen molar-refractivity contribution in [1.29, 1.82) is 0 Å². The van der Waals surface area contributed by atoms with Crippen molar-refractivity contribution in [1.82, 2.24) is 14.8 Å². The Morgan fingerprint density at radius 2 is 2.14 bits per heavy atom. The second kappa shape index (κ2) is 5.67. The smallest absolute Gasteiger partial charge is 0.228 e. The number of anilines is 1. The summed E-state index contributed by atoms with van der Waals surface area (Å²) in [4.78, 5) is 12.3. The number of amides is 1. The molecule has 3 aromatic rings. The summed E-state index contributed by atoms with van der Waals surface area (Å²) in [6.45, 7) is 6.86. The van der Waals surface area contributed by atoms with E-state index in [0.29, 0.717) is 6.42 Å². The van der Waals surface area contributed by atoms with E-state index in [9.17, 15) is 4.79 Å². The van der Waals surface area contributed by atoms with Crippen LogP contribution in [0.3, 0.4) is 0 Å². The first-order chi connectivity index (χ1) is 10.6. The average molecular weight is 296 g/mol. The number of rotatable bonds is 4. The fraction of sp³-hybridized carbons (Fsp3) is 0.294. The number of nitrogens with zero attached hydrogens (tertiary/aromatic N) is 2. The van der Waals surface area contributed by atoms with Crippen LogP contribution in [0.15, 0.2) is 30.5 Å². The minimum absolute atomic E-state index is 0.0263. The lowest BCUT2D eigenvalue weighted by Gasteiger charge is -2.07. The Morgan fingerprint density at radius 1 is 1.32 bits per heavy atom. The van der Waals surface area contributed by atoms with Crippen LogP contribution < -0.4 is 5.32 Å². The second-order valence-corrected chi connectivity index (χ2v) is 5.51. The molecule has 5 nitrogen and oxygen atoms in total. The van der Waals surface area contributed by atoms with Crippen molar-refractivity contribution in [3.63, 3.8) is 0 Å². The van der Waals surface area contributed by atoms with Gasteiger partial charge in [0.2, 0.25) is 5.91 Å². The van der Waals surface area contributed by atoms with Crippen LogP contribution in [0.1, 0.15) is 23.9 Å². The van der Waals surface area contributed by atoms with E-state index in [-0.39, 0.29) is 5.91 Å². The quantitative estimate of drug-likeness (QED) is 0.776. The predicted octanol–water partition coefficient (Wildman–Crippen LogP) is 3.18. The lowest BCUT2D eigenvalue weighted by molar-refractivity contribution is -0.115. The number of aromatic amines is 1. The molecule has 22 heavy (non-hydrogen) atoms. The van der Waals surface area contributed by atoms with Gasteiger partial charge < -0.3 is 9.88 Å². The standard InChI is InChI=1S/C17H20N4O/c1-4-21-8-7-13-5-6-14(9-16(13)21)18-17(22)10-15-11(2)19-20-12(15)3/h5-9H,4,10H2,1-3H3,(H,18,22)(H,19,20). The number of carbonyl (C=O) groups excluding carboxylic acids is 1. The molecular weight excluding hydrogens is 276 g/mol. The molecule has 0 spiro atoms. The van der Waals surface area contributed by atoms with Crippen LogP contribution in [0.4, 0.5) is 5.69 Å². The van der Waals surface area contributed by atoms with Crippen molar-refractivity contribution >= 4 is 22.5 Å². The molecule has 3 rings (SSSR count). The summed E-state index contributed by atoms with van der Waals surface area (Å²) in [5.74, 6) is -0.0263. The van der Waals surface area contributed by atoms with Gasteiger partial charge in [0.05, 0.1) is 17.6 Å². The first-order valence-electron chi connectivity index (χ1n) is 7.47. The van der Waals surface area contributed by atoms with Gasteiger partial charge in [0.25, 0.3) is 0 Å². The molecule has 0 unspecified atom stereocenters. The summed E-state index contributed by atoms with van der Waals surface area (Å²) in [5, 5.41) is 11.2. The predicted molar refractivity (Wildman–Crippen MR) is 88.0 cm³/mol. The third kappa shape index (κ3) is 2.62. The van der Waals surface area contributed by atoms with Crippen LogP contribution >= 0.6 is 0 Å². The number of H-pyrrole nitrogens is 1. The number of hydrogen-bond donors (Lipinski definition) is 2. The molecule has 1 amide bonds. The molecule has 114 valence electrons. The topological polar surface area (TPSA) is 62.7 Å². The lowest BCUT2D eigenvalue weighted by Crippen LogP contribution is -2.15. The number of nitrogens with one attached hydrogen (secondary N) is 2. The van der Waals surface area contributed by atoms with Gasteiger partial charge in [0, 0.05) is 29.7 Å². The summed E-state index contributed by atoms with van der Waals surface area (Å²) in [7, 11) is 0. The third-order valence-electron chi connectivity index (χ3n) is 4.02. The van der Waals surface area contributed by atoms with Gasteiger partial charge >= 0.3 is 0 Å². The second-order valence-electron chi connectivity index (χ2n) is 5.51. The Labute approximate surface area is 129 Å². The van der Waals surface area contributed by atoms with E-state index in [2.05, 4.69) is 39.3 Å². The Kier molecular flexibility index (Phi) is 3.71. The van der Waals surface area contributed by atoms with E-state index >= 15 is 0 Å². The molecular formula is C17H20N4O. The summed E-state index contributed by atoms with van der Waals surface area (Å²) in [6, 6.07) is 8.08. The van der Waals surface area contributed by atoms with Crippen LogP contribution in [-0.4, -0.2) is 20.7 Å². The van der Waals surface area contributed by atoms with E-state index in [0.717, 1.165) is 34.7 Å². The fourth-order valence-electron chi connectivity index (χ4n) is 2.74. The maximum atomic E-state index is 12.3. The summed E-state index contributed by atoms with van der Waals surface area (Å²) < 4.78 is 2.16. The van der Waals surface area contributed by atoms with E-state index in [1.165, 1.54) is 5.39 Å². The van der Waals surface area contributed by atoms with Crippen molar-refractivity contribution in [3.05, 3.63) is 47.4 Å². The average Bonchev–Trinajstić information content (AvgIpc) is 3.04. The number of carbonyl (C=O) groups is 1. The summed E-state index contributed by atoms with van der Waals surface area (Å²) >= 11 is 0. The van der Waals surface area contributed by atoms with Gasteiger partial charge in [-0.2, -0.15) is 5.10 Å². The lowest BCUT2D eigenvalue weighted by atomic mass is 10.1. The van der Waals surface area contributed by atoms with Gasteiger partial charge in [-0.15, -0.1) is 0 Å². The highest BCUT2D eigenvalue weighted by atomic mass is 16.1. The first-order valence-corrected chi connectivity index (χ1v) is 7.47. The molecule has 0 saturated heterocycles. The van der Waals surface area contributed by atoms with Gasteiger partial charge in [-0.25, -0.2) is 0 Å². The largest absolute Gasteiger partial charge is 0.348 e. The van der Waals surface area contributed by atoms with Gasteiger partial charge in [-0.3, -0.25) is 9.89 Å². The molecule has 0 aliphatic heterocycles. The first kappa shape index (κ1) is 14.4. The maximum Gasteiger partial charge on any atom is 0.228 e. The van der Waals surface area contributed by atoms with Crippen molar-refractivity contribution in [2.24, 2.45) is 0 Å². The molecule has 2 heterocycles. The molecule has 0 aliphatic rings. The van der Waals surface area contributed by atoms with Crippen molar-refractivity contribution in [2.75, 3.05) is 5.32 Å². The van der Waals surface area contributed by atoms with Crippen molar-refractivity contribution in [2.45, 2.75) is 33.7 Å². The zero-order chi connectivity index (χ0) is 15.7. The summed E-state index contributed by atoms with van der Waals surface area (Å²) in [6.07, 6.45) is 2.40. The molecule has 0 bridgehead atoms. The van der Waals surface area contributed by atoms with E-state index in [1.807, 2.05) is 32.0 Å². The molecule has 1 aromatic carbocycles. The van der Waals surface area contributed by atoms with Crippen LogP contribution in [-0.2, 0) is 17.8 Å². The van der Waals surface area contributed by atoms with Crippen molar-refractivity contribution in [3.8, 4) is 0 Å². The highest BCUT2D eigenvalue weighted by Gasteiger charge is 2.12. The Hall–Kier alpha value is -2.56. The zero-order valence-electron chi connectivity index (χ0n) is 13.1. The highest BCUT2D eigenvalue weighted by molar-refractivity contribution is 5.95. The van der Waals surface area contributed by atoms with E-state index in [4.69, 9.17) is 0 Å². The van der Waals surface area contributed by atoms with Gasteiger partial charge in [0.15, 0.2) is 0 Å². The SMILES string of the molecule is CCn1ccc2ccc(NC(=O)Cc3c(C)n[nH]c3C)cc21.